The van der Waals surface area contributed by atoms with Gasteiger partial charge in [0.05, 0.1) is 6.10 Å². The molecule has 0 unspecified atom stereocenters. The Bertz CT molecular complexity index is 643. The molecule has 0 radical (unpaired) electrons. The maximum Gasteiger partial charge on any atom is 0.126 e. The molecule has 2 atom stereocenters. The summed E-state index contributed by atoms with van der Waals surface area (Å²) >= 11 is 0. The summed E-state index contributed by atoms with van der Waals surface area (Å²) in [6.07, 6.45) is 6.84. The summed E-state index contributed by atoms with van der Waals surface area (Å²) in [6.45, 7) is 14.8. The molecule has 1 aromatic carbocycles. The molecule has 0 saturated heterocycles. The zero-order valence-electron chi connectivity index (χ0n) is 15.6. The summed E-state index contributed by atoms with van der Waals surface area (Å²) in [5, 5.41) is 10.4. The monoisotopic (exact) mass is 342 g/mol. The van der Waals surface area contributed by atoms with Crippen molar-refractivity contribution in [3.05, 3.63) is 60.7 Å². The van der Waals surface area contributed by atoms with Crippen molar-refractivity contribution >= 4 is 0 Å². The van der Waals surface area contributed by atoms with E-state index in [1.807, 2.05) is 12.1 Å². The van der Waals surface area contributed by atoms with Gasteiger partial charge in [0.1, 0.15) is 24.7 Å². The first-order valence-corrected chi connectivity index (χ1v) is 8.85. The van der Waals surface area contributed by atoms with E-state index in [2.05, 4.69) is 46.1 Å². The lowest BCUT2D eigenvalue weighted by Gasteiger charge is -2.42. The lowest BCUT2D eigenvalue weighted by atomic mass is 9.65. The average Bonchev–Trinajstić information content (AvgIpc) is 2.59. The molecule has 25 heavy (non-hydrogen) atoms. The van der Waals surface area contributed by atoms with E-state index in [1.54, 1.807) is 12.2 Å². The van der Waals surface area contributed by atoms with Crippen LogP contribution in [0.25, 0.3) is 0 Å². The van der Waals surface area contributed by atoms with Crippen molar-refractivity contribution in [2.45, 2.75) is 39.7 Å². The molecule has 1 N–H and O–H groups in total. The van der Waals surface area contributed by atoms with Crippen molar-refractivity contribution in [2.24, 2.45) is 11.3 Å². The SMILES string of the molecule is C=CCOc1ccc(C[C@@H]2C(C)=CC[C@H](O)C2(C)C)c(OCC=C)c1. The standard InChI is InChI=1S/C22H30O3/c1-6-12-24-18-10-9-17(20(15-18)25-13-7-2)14-19-16(3)8-11-21(23)22(19,4)5/h6-10,15,19,21,23H,1-2,11-14H2,3-5H3/t19-,21+/m1/s1. The van der Waals surface area contributed by atoms with Crippen molar-refractivity contribution in [3.8, 4) is 11.5 Å². The lowest BCUT2D eigenvalue weighted by Crippen LogP contribution is -2.40. The average molecular weight is 342 g/mol. The second-order valence-electron chi connectivity index (χ2n) is 7.25. The van der Waals surface area contributed by atoms with E-state index in [-0.39, 0.29) is 17.4 Å². The lowest BCUT2D eigenvalue weighted by molar-refractivity contribution is 0.0109. The van der Waals surface area contributed by atoms with Gasteiger partial charge in [0.15, 0.2) is 0 Å². The smallest absolute Gasteiger partial charge is 0.126 e. The summed E-state index contributed by atoms with van der Waals surface area (Å²) in [5.41, 5.74) is 2.27. The Hall–Kier alpha value is -2.00. The summed E-state index contributed by atoms with van der Waals surface area (Å²) in [5.74, 6) is 1.84. The van der Waals surface area contributed by atoms with Crippen LogP contribution in [0.15, 0.2) is 55.2 Å². The minimum atomic E-state index is -0.325. The van der Waals surface area contributed by atoms with Crippen LogP contribution in [0.4, 0.5) is 0 Å². The normalized spacial score (nSPS) is 22.0. The van der Waals surface area contributed by atoms with Crippen molar-refractivity contribution < 1.29 is 14.6 Å². The van der Waals surface area contributed by atoms with Gasteiger partial charge in [0.25, 0.3) is 0 Å². The van der Waals surface area contributed by atoms with E-state index >= 15 is 0 Å². The van der Waals surface area contributed by atoms with Crippen LogP contribution in [-0.4, -0.2) is 24.4 Å². The second kappa shape index (κ2) is 8.39. The molecule has 0 aliphatic heterocycles. The molecule has 0 saturated carbocycles. The third kappa shape index (κ3) is 4.55. The first-order valence-electron chi connectivity index (χ1n) is 8.85. The highest BCUT2D eigenvalue weighted by Gasteiger charge is 2.39. The molecule has 0 spiro atoms. The van der Waals surface area contributed by atoms with E-state index in [1.165, 1.54) is 5.57 Å². The van der Waals surface area contributed by atoms with Crippen LogP contribution in [-0.2, 0) is 6.42 Å². The number of rotatable bonds is 8. The Morgan fingerprint density at radius 2 is 1.88 bits per heavy atom. The van der Waals surface area contributed by atoms with Crippen LogP contribution in [0.3, 0.4) is 0 Å². The topological polar surface area (TPSA) is 38.7 Å². The molecule has 1 aromatic rings. The van der Waals surface area contributed by atoms with Gasteiger partial charge in [-0.15, -0.1) is 0 Å². The maximum absolute atomic E-state index is 10.4. The van der Waals surface area contributed by atoms with Gasteiger partial charge in [-0.05, 0) is 42.7 Å². The fourth-order valence-electron chi connectivity index (χ4n) is 3.44. The Kier molecular flexibility index (Phi) is 6.49. The van der Waals surface area contributed by atoms with Crippen LogP contribution >= 0.6 is 0 Å². The zero-order valence-corrected chi connectivity index (χ0v) is 15.6. The summed E-state index contributed by atoms with van der Waals surface area (Å²) < 4.78 is 11.5. The molecule has 3 nitrogen and oxygen atoms in total. The second-order valence-corrected chi connectivity index (χ2v) is 7.25. The zero-order chi connectivity index (χ0) is 18.4. The van der Waals surface area contributed by atoms with Crippen LogP contribution in [0.2, 0.25) is 0 Å². The minimum Gasteiger partial charge on any atom is -0.489 e. The maximum atomic E-state index is 10.4. The minimum absolute atomic E-state index is 0.174. The first kappa shape index (κ1) is 19.3. The Morgan fingerprint density at radius 1 is 1.20 bits per heavy atom. The summed E-state index contributed by atoms with van der Waals surface area (Å²) in [4.78, 5) is 0. The number of aliphatic hydroxyl groups excluding tert-OH is 1. The van der Waals surface area contributed by atoms with Crippen molar-refractivity contribution in [1.29, 1.82) is 0 Å². The molecular weight excluding hydrogens is 312 g/mol. The predicted molar refractivity (Wildman–Crippen MR) is 103 cm³/mol. The molecule has 0 aromatic heterocycles. The van der Waals surface area contributed by atoms with E-state index in [0.29, 0.717) is 13.2 Å². The van der Waals surface area contributed by atoms with Crippen LogP contribution in [0.5, 0.6) is 11.5 Å². The van der Waals surface area contributed by atoms with Gasteiger partial charge >= 0.3 is 0 Å². The molecule has 1 aliphatic rings. The van der Waals surface area contributed by atoms with Crippen LogP contribution < -0.4 is 9.47 Å². The van der Waals surface area contributed by atoms with Gasteiger partial charge in [0.2, 0.25) is 0 Å². The van der Waals surface area contributed by atoms with Crippen molar-refractivity contribution in [2.75, 3.05) is 13.2 Å². The van der Waals surface area contributed by atoms with Gasteiger partial charge in [-0.25, -0.2) is 0 Å². The van der Waals surface area contributed by atoms with Crippen LogP contribution in [0.1, 0.15) is 32.8 Å². The van der Waals surface area contributed by atoms with Crippen LogP contribution in [0, 0.1) is 11.3 Å². The van der Waals surface area contributed by atoms with Gasteiger partial charge in [-0.2, -0.15) is 0 Å². The van der Waals surface area contributed by atoms with Gasteiger partial charge in [-0.1, -0.05) is 56.9 Å². The third-order valence-corrected chi connectivity index (χ3v) is 5.16. The number of hydrogen-bond acceptors (Lipinski definition) is 3. The Morgan fingerprint density at radius 3 is 2.56 bits per heavy atom. The molecular formula is C22H30O3. The highest BCUT2D eigenvalue weighted by atomic mass is 16.5. The Labute approximate surface area is 151 Å². The molecule has 136 valence electrons. The highest BCUT2D eigenvalue weighted by Crippen LogP contribution is 2.44. The number of ether oxygens (including phenoxy) is 2. The van der Waals surface area contributed by atoms with E-state index in [0.717, 1.165) is 29.9 Å². The summed E-state index contributed by atoms with van der Waals surface area (Å²) in [7, 11) is 0. The number of benzene rings is 1. The number of aliphatic hydroxyl groups is 1. The highest BCUT2D eigenvalue weighted by molar-refractivity contribution is 5.42. The first-order chi connectivity index (χ1) is 11.9. The van der Waals surface area contributed by atoms with E-state index in [4.69, 9.17) is 9.47 Å². The molecule has 1 aliphatic carbocycles. The molecule has 0 bridgehead atoms. The van der Waals surface area contributed by atoms with Gasteiger partial charge in [0, 0.05) is 6.07 Å². The number of hydrogen-bond donors (Lipinski definition) is 1. The predicted octanol–water partition coefficient (Wildman–Crippen LogP) is 4.71. The fourth-order valence-corrected chi connectivity index (χ4v) is 3.44. The molecule has 2 rings (SSSR count). The molecule has 0 fully saturated rings. The largest absolute Gasteiger partial charge is 0.489 e. The fraction of sp³-hybridized carbons (Fsp3) is 0.455. The van der Waals surface area contributed by atoms with E-state index < -0.39 is 0 Å². The van der Waals surface area contributed by atoms with Crippen molar-refractivity contribution in [1.82, 2.24) is 0 Å². The number of allylic oxidation sites excluding steroid dienone is 1. The Balaban J connectivity index is 2.30. The molecule has 0 amide bonds. The molecule has 3 heteroatoms. The van der Waals surface area contributed by atoms with Gasteiger partial charge in [-0.3, -0.25) is 0 Å². The van der Waals surface area contributed by atoms with Gasteiger partial charge < -0.3 is 14.6 Å². The third-order valence-electron chi connectivity index (χ3n) is 5.16. The quantitative estimate of drug-likeness (QED) is 0.695. The summed E-state index contributed by atoms with van der Waals surface area (Å²) in [6, 6.07) is 5.94. The van der Waals surface area contributed by atoms with E-state index in [9.17, 15) is 5.11 Å². The van der Waals surface area contributed by atoms with Crippen molar-refractivity contribution in [3.63, 3.8) is 0 Å². The molecule has 0 heterocycles.